The highest BCUT2D eigenvalue weighted by molar-refractivity contribution is 5.73. The van der Waals surface area contributed by atoms with Crippen LogP contribution in [0.3, 0.4) is 0 Å². The van der Waals surface area contributed by atoms with Gasteiger partial charge in [0.1, 0.15) is 0 Å². The van der Waals surface area contributed by atoms with Crippen molar-refractivity contribution in [1.29, 1.82) is 0 Å². The lowest BCUT2D eigenvalue weighted by Gasteiger charge is -2.23. The highest BCUT2D eigenvalue weighted by Gasteiger charge is 2.28. The van der Waals surface area contributed by atoms with E-state index in [4.69, 9.17) is 10.2 Å². The first kappa shape index (κ1) is 9.42. The summed E-state index contributed by atoms with van der Waals surface area (Å²) in [5.41, 5.74) is 8.23. The lowest BCUT2D eigenvalue weighted by Crippen LogP contribution is -2.33. The smallest absolute Gasteiger partial charge is 0.408 e. The molecule has 0 atom stereocenters. The molecule has 0 amide bonds. The topological polar surface area (TPSA) is 72.0 Å². The lowest BCUT2D eigenvalue weighted by molar-refractivity contribution is 0.479. The van der Waals surface area contributed by atoms with Gasteiger partial charge in [0.2, 0.25) is 0 Å². The van der Waals surface area contributed by atoms with Crippen LogP contribution < -0.4 is 11.5 Å². The maximum absolute atomic E-state index is 11.0. The standard InChI is InChI=1S/C12H12N2O2/c13-12(5-1-2-6-12)8-3-4-9-10(7-8)16-11(15)14-9/h1-4,7H,5-6,13H2,(H,14,15). The fourth-order valence-electron chi connectivity index (χ4n) is 2.16. The molecule has 4 nitrogen and oxygen atoms in total. The molecular weight excluding hydrogens is 204 g/mol. The molecule has 1 heterocycles. The largest absolute Gasteiger partial charge is 0.417 e. The van der Waals surface area contributed by atoms with Crippen LogP contribution in [0.15, 0.2) is 39.6 Å². The molecule has 4 heteroatoms. The Balaban J connectivity index is 2.14. The number of aromatic amines is 1. The summed E-state index contributed by atoms with van der Waals surface area (Å²) in [5, 5.41) is 0. The summed E-state index contributed by atoms with van der Waals surface area (Å²) >= 11 is 0. The second-order valence-electron chi connectivity index (χ2n) is 4.26. The van der Waals surface area contributed by atoms with Gasteiger partial charge < -0.3 is 10.2 Å². The van der Waals surface area contributed by atoms with Gasteiger partial charge in [0.05, 0.1) is 5.52 Å². The van der Waals surface area contributed by atoms with E-state index in [0.29, 0.717) is 11.1 Å². The van der Waals surface area contributed by atoms with Gasteiger partial charge in [-0.3, -0.25) is 4.98 Å². The van der Waals surface area contributed by atoms with Gasteiger partial charge in [-0.1, -0.05) is 18.2 Å². The fourth-order valence-corrected chi connectivity index (χ4v) is 2.16. The normalized spacial score (nSPS) is 18.3. The van der Waals surface area contributed by atoms with Crippen molar-refractivity contribution >= 4 is 11.1 Å². The number of hydrogen-bond donors (Lipinski definition) is 2. The Morgan fingerprint density at radius 1 is 1.31 bits per heavy atom. The van der Waals surface area contributed by atoms with Gasteiger partial charge in [0.15, 0.2) is 5.58 Å². The van der Waals surface area contributed by atoms with Gasteiger partial charge in [-0.25, -0.2) is 4.79 Å². The van der Waals surface area contributed by atoms with Crippen LogP contribution in [-0.2, 0) is 5.54 Å². The fraction of sp³-hybridized carbons (Fsp3) is 0.250. The molecule has 0 radical (unpaired) electrons. The molecule has 0 bridgehead atoms. The van der Waals surface area contributed by atoms with Crippen molar-refractivity contribution in [3.63, 3.8) is 0 Å². The molecule has 1 aliphatic carbocycles. The molecule has 1 aromatic carbocycles. The molecule has 1 aromatic heterocycles. The van der Waals surface area contributed by atoms with Gasteiger partial charge >= 0.3 is 5.76 Å². The van der Waals surface area contributed by atoms with Crippen LogP contribution in [-0.4, -0.2) is 4.98 Å². The molecule has 16 heavy (non-hydrogen) atoms. The monoisotopic (exact) mass is 216 g/mol. The Bertz CT molecular complexity index is 613. The minimum atomic E-state index is -0.428. The second-order valence-corrected chi connectivity index (χ2v) is 4.26. The Morgan fingerprint density at radius 2 is 2.06 bits per heavy atom. The number of H-pyrrole nitrogens is 1. The van der Waals surface area contributed by atoms with E-state index < -0.39 is 5.76 Å². The van der Waals surface area contributed by atoms with E-state index in [1.807, 2.05) is 18.2 Å². The van der Waals surface area contributed by atoms with Crippen LogP contribution in [0.5, 0.6) is 0 Å². The summed E-state index contributed by atoms with van der Waals surface area (Å²) in [6, 6.07) is 5.63. The maximum atomic E-state index is 11.0. The summed E-state index contributed by atoms with van der Waals surface area (Å²) in [6.07, 6.45) is 5.81. The Hall–Kier alpha value is -1.81. The first-order valence-corrected chi connectivity index (χ1v) is 5.25. The molecule has 2 aromatic rings. The predicted molar refractivity (Wildman–Crippen MR) is 61.1 cm³/mol. The average Bonchev–Trinajstić information content (AvgIpc) is 2.82. The van der Waals surface area contributed by atoms with Crippen molar-refractivity contribution in [2.45, 2.75) is 18.4 Å². The molecule has 0 unspecified atom stereocenters. The van der Waals surface area contributed by atoms with Gasteiger partial charge in [-0.15, -0.1) is 0 Å². The number of fused-ring (bicyclic) bond motifs is 1. The van der Waals surface area contributed by atoms with Crippen LogP contribution in [0.1, 0.15) is 18.4 Å². The third-order valence-corrected chi connectivity index (χ3v) is 3.13. The van der Waals surface area contributed by atoms with E-state index in [-0.39, 0.29) is 5.54 Å². The molecule has 82 valence electrons. The molecule has 0 saturated heterocycles. The predicted octanol–water partition coefficient (Wildman–Crippen LogP) is 1.63. The lowest BCUT2D eigenvalue weighted by atomic mass is 9.88. The van der Waals surface area contributed by atoms with E-state index in [1.54, 1.807) is 0 Å². The molecule has 0 fully saturated rings. The van der Waals surface area contributed by atoms with Gasteiger partial charge in [0, 0.05) is 5.54 Å². The van der Waals surface area contributed by atoms with Crippen molar-refractivity contribution in [2.24, 2.45) is 5.73 Å². The minimum Gasteiger partial charge on any atom is -0.408 e. The maximum Gasteiger partial charge on any atom is 0.417 e. The van der Waals surface area contributed by atoms with Gasteiger partial charge in [-0.05, 0) is 30.5 Å². The van der Waals surface area contributed by atoms with E-state index in [0.717, 1.165) is 18.4 Å². The number of nitrogens with one attached hydrogen (secondary N) is 1. The highest BCUT2D eigenvalue weighted by Crippen LogP contribution is 2.32. The highest BCUT2D eigenvalue weighted by atomic mass is 16.4. The number of benzene rings is 1. The Labute approximate surface area is 91.8 Å². The second kappa shape index (κ2) is 3.09. The van der Waals surface area contributed by atoms with E-state index >= 15 is 0 Å². The Kier molecular flexibility index (Phi) is 1.82. The molecule has 1 aliphatic rings. The first-order chi connectivity index (χ1) is 7.67. The number of oxazole rings is 1. The van der Waals surface area contributed by atoms with Crippen LogP contribution >= 0.6 is 0 Å². The average molecular weight is 216 g/mol. The summed E-state index contributed by atoms with van der Waals surface area (Å²) < 4.78 is 5.03. The van der Waals surface area contributed by atoms with E-state index in [9.17, 15) is 4.79 Å². The summed E-state index contributed by atoms with van der Waals surface area (Å²) in [4.78, 5) is 13.6. The van der Waals surface area contributed by atoms with Gasteiger partial charge in [0.25, 0.3) is 0 Å². The van der Waals surface area contributed by atoms with Crippen molar-refractivity contribution in [3.8, 4) is 0 Å². The van der Waals surface area contributed by atoms with E-state index in [2.05, 4.69) is 17.1 Å². The van der Waals surface area contributed by atoms with Crippen molar-refractivity contribution < 1.29 is 4.42 Å². The zero-order valence-corrected chi connectivity index (χ0v) is 8.69. The molecule has 0 spiro atoms. The van der Waals surface area contributed by atoms with Crippen LogP contribution in [0.25, 0.3) is 11.1 Å². The van der Waals surface area contributed by atoms with Gasteiger partial charge in [-0.2, -0.15) is 0 Å². The first-order valence-electron chi connectivity index (χ1n) is 5.25. The van der Waals surface area contributed by atoms with E-state index in [1.165, 1.54) is 0 Å². The molecule has 0 saturated carbocycles. The number of hydrogen-bond acceptors (Lipinski definition) is 3. The van der Waals surface area contributed by atoms with Crippen LogP contribution in [0.4, 0.5) is 0 Å². The van der Waals surface area contributed by atoms with Crippen LogP contribution in [0.2, 0.25) is 0 Å². The van der Waals surface area contributed by atoms with Crippen LogP contribution in [0, 0.1) is 0 Å². The minimum absolute atomic E-state index is 0.343. The summed E-state index contributed by atoms with van der Waals surface area (Å²) in [6.45, 7) is 0. The van der Waals surface area contributed by atoms with Crippen molar-refractivity contribution in [1.82, 2.24) is 4.98 Å². The third-order valence-electron chi connectivity index (χ3n) is 3.13. The summed E-state index contributed by atoms with van der Waals surface area (Å²) in [7, 11) is 0. The van der Waals surface area contributed by atoms with Crippen molar-refractivity contribution in [3.05, 3.63) is 46.5 Å². The van der Waals surface area contributed by atoms with Crippen molar-refractivity contribution in [2.75, 3.05) is 0 Å². The zero-order valence-electron chi connectivity index (χ0n) is 8.69. The quantitative estimate of drug-likeness (QED) is 0.711. The molecule has 3 N–H and O–H groups in total. The number of nitrogens with two attached hydrogens (primary N) is 1. The molecule has 0 aliphatic heterocycles. The number of rotatable bonds is 1. The third kappa shape index (κ3) is 1.31. The Morgan fingerprint density at radius 3 is 2.81 bits per heavy atom. The molecule has 3 rings (SSSR count). The zero-order chi connectivity index (χ0) is 11.2. The number of aromatic nitrogens is 1. The molecular formula is C12H12N2O2. The summed E-state index contributed by atoms with van der Waals surface area (Å²) in [5.74, 6) is -0.428. The SMILES string of the molecule is NC1(c2ccc3[nH]c(=O)oc3c2)CC=CC1.